The van der Waals surface area contributed by atoms with E-state index in [1.54, 1.807) is 6.92 Å². The molecule has 0 aromatic heterocycles. The van der Waals surface area contributed by atoms with Gasteiger partial charge >= 0.3 is 13.5 Å². The van der Waals surface area contributed by atoms with E-state index in [0.717, 1.165) is 11.1 Å². The molecule has 0 saturated carbocycles. The van der Waals surface area contributed by atoms with Crippen molar-refractivity contribution < 1.29 is 23.4 Å². The summed E-state index contributed by atoms with van der Waals surface area (Å²) >= 11 is 0. The summed E-state index contributed by atoms with van der Waals surface area (Å²) < 4.78 is 30.1. The summed E-state index contributed by atoms with van der Waals surface area (Å²) in [6, 6.07) is 5.15. The zero-order valence-electron chi connectivity index (χ0n) is 18.4. The molecule has 0 spiro atoms. The van der Waals surface area contributed by atoms with Gasteiger partial charge in [0.2, 0.25) is 0 Å². The predicted octanol–water partition coefficient (Wildman–Crippen LogP) is 5.43. The van der Waals surface area contributed by atoms with Crippen LogP contribution in [0.4, 0.5) is 0 Å². The Bertz CT molecular complexity index is 663. The number of benzene rings is 1. The van der Waals surface area contributed by atoms with Gasteiger partial charge in [-0.05, 0) is 43.2 Å². The third-order valence-electron chi connectivity index (χ3n) is 4.49. The minimum absolute atomic E-state index is 0.155. The number of carbonyl (C=O) groups is 1. The van der Waals surface area contributed by atoms with Crippen molar-refractivity contribution in [1.82, 2.24) is 5.09 Å². The number of hydrogen-bond acceptors (Lipinski definition) is 5. The van der Waals surface area contributed by atoms with Gasteiger partial charge in [-0.3, -0.25) is 9.36 Å². The van der Waals surface area contributed by atoms with Gasteiger partial charge in [0.15, 0.2) is 0 Å². The fraction of sp³-hybridized carbons (Fsp3) is 0.667. The van der Waals surface area contributed by atoms with E-state index in [9.17, 15) is 9.36 Å². The highest BCUT2D eigenvalue weighted by atomic mass is 31.2. The molecule has 0 aliphatic heterocycles. The van der Waals surface area contributed by atoms with E-state index in [0.29, 0.717) is 12.2 Å². The highest BCUT2D eigenvalue weighted by Crippen LogP contribution is 2.48. The third-order valence-corrected chi connectivity index (χ3v) is 6.35. The highest BCUT2D eigenvalue weighted by Gasteiger charge is 2.33. The molecule has 0 aliphatic carbocycles. The molecule has 0 aliphatic rings. The summed E-state index contributed by atoms with van der Waals surface area (Å²) in [6.07, 6.45) is 0.357. The van der Waals surface area contributed by atoms with Crippen molar-refractivity contribution >= 4 is 13.5 Å². The van der Waals surface area contributed by atoms with Gasteiger partial charge in [-0.25, -0.2) is 5.09 Å². The average Bonchev–Trinajstić information content (AvgIpc) is 2.61. The molecular formula is C21H36NO5P. The minimum Gasteiger partial charge on any atom is -0.462 e. The fourth-order valence-corrected chi connectivity index (χ4v) is 4.45. The number of nitrogens with one attached hydrogen (secondary N) is 1. The number of carbonyl (C=O) groups excluding carboxylic acids is 1. The SMILES string of the molecule is CCC(C)OC(=O)C(C)NP(=O)(COC)Oc1c(C(C)C)cccc1C(C)C. The zero-order valence-corrected chi connectivity index (χ0v) is 19.3. The summed E-state index contributed by atoms with van der Waals surface area (Å²) in [5, 5.41) is 2.84. The Balaban J connectivity index is 3.19. The lowest BCUT2D eigenvalue weighted by Crippen LogP contribution is -2.37. The number of para-hydroxylation sites is 1. The van der Waals surface area contributed by atoms with Gasteiger partial charge in [-0.2, -0.15) is 0 Å². The van der Waals surface area contributed by atoms with Gasteiger partial charge in [0.05, 0.1) is 6.10 Å². The van der Waals surface area contributed by atoms with Crippen molar-refractivity contribution in [1.29, 1.82) is 0 Å². The first-order valence-electron chi connectivity index (χ1n) is 9.93. The van der Waals surface area contributed by atoms with E-state index >= 15 is 0 Å². The smallest absolute Gasteiger partial charge is 0.342 e. The van der Waals surface area contributed by atoms with E-state index < -0.39 is 19.5 Å². The molecule has 1 rings (SSSR count). The molecule has 0 heterocycles. The van der Waals surface area contributed by atoms with Crippen LogP contribution in [0.25, 0.3) is 0 Å². The largest absolute Gasteiger partial charge is 0.462 e. The Hall–Kier alpha value is -1.36. The van der Waals surface area contributed by atoms with Crippen LogP contribution in [-0.2, 0) is 18.8 Å². The second-order valence-electron chi connectivity index (χ2n) is 7.76. The summed E-state index contributed by atoms with van der Waals surface area (Å²) in [5.41, 5.74) is 1.94. The van der Waals surface area contributed by atoms with Crippen LogP contribution < -0.4 is 9.61 Å². The lowest BCUT2D eigenvalue weighted by molar-refractivity contribution is -0.149. The van der Waals surface area contributed by atoms with Crippen LogP contribution >= 0.6 is 7.52 Å². The van der Waals surface area contributed by atoms with Crippen LogP contribution in [0.2, 0.25) is 0 Å². The molecule has 160 valence electrons. The molecule has 0 fully saturated rings. The maximum atomic E-state index is 13.5. The summed E-state index contributed by atoms with van der Waals surface area (Å²) in [7, 11) is -2.05. The van der Waals surface area contributed by atoms with Crippen molar-refractivity contribution in [3.8, 4) is 5.75 Å². The van der Waals surface area contributed by atoms with Crippen molar-refractivity contribution in [2.24, 2.45) is 0 Å². The molecule has 6 nitrogen and oxygen atoms in total. The molecule has 0 saturated heterocycles. The molecule has 0 bridgehead atoms. The van der Waals surface area contributed by atoms with Gasteiger partial charge in [-0.1, -0.05) is 52.8 Å². The first-order valence-corrected chi connectivity index (χ1v) is 11.7. The number of ether oxygens (including phenoxy) is 2. The normalized spacial score (nSPS) is 15.9. The maximum Gasteiger partial charge on any atom is 0.342 e. The van der Waals surface area contributed by atoms with Crippen molar-refractivity contribution in [2.75, 3.05) is 13.5 Å². The van der Waals surface area contributed by atoms with E-state index in [-0.39, 0.29) is 24.3 Å². The lowest BCUT2D eigenvalue weighted by Gasteiger charge is -2.27. The number of rotatable bonds is 11. The molecule has 3 unspecified atom stereocenters. The number of methoxy groups -OCH3 is 1. The van der Waals surface area contributed by atoms with Crippen LogP contribution in [-0.4, -0.2) is 31.6 Å². The van der Waals surface area contributed by atoms with E-state index in [2.05, 4.69) is 32.8 Å². The molecule has 28 heavy (non-hydrogen) atoms. The quantitative estimate of drug-likeness (QED) is 0.385. The molecule has 1 N–H and O–H groups in total. The second-order valence-corrected chi connectivity index (χ2v) is 9.81. The average molecular weight is 413 g/mol. The Kier molecular flexibility index (Phi) is 9.68. The zero-order chi connectivity index (χ0) is 21.5. The van der Waals surface area contributed by atoms with Crippen LogP contribution in [0.5, 0.6) is 5.75 Å². The summed E-state index contributed by atoms with van der Waals surface area (Å²) in [4.78, 5) is 12.3. The van der Waals surface area contributed by atoms with Gasteiger partial charge in [0.1, 0.15) is 18.1 Å². The molecule has 1 aromatic rings. The summed E-state index contributed by atoms with van der Waals surface area (Å²) in [6.45, 7) is 13.6. The molecule has 0 amide bonds. The molecule has 3 atom stereocenters. The molecule has 1 aromatic carbocycles. The fourth-order valence-electron chi connectivity index (χ4n) is 2.73. The van der Waals surface area contributed by atoms with E-state index in [1.807, 2.05) is 32.0 Å². The monoisotopic (exact) mass is 413 g/mol. The van der Waals surface area contributed by atoms with Gasteiger partial charge in [0.25, 0.3) is 0 Å². The number of hydrogen-bond donors (Lipinski definition) is 1. The van der Waals surface area contributed by atoms with Gasteiger partial charge in [0, 0.05) is 7.11 Å². The van der Waals surface area contributed by atoms with Gasteiger partial charge < -0.3 is 14.0 Å². The van der Waals surface area contributed by atoms with Crippen LogP contribution in [0.1, 0.15) is 77.8 Å². The highest BCUT2D eigenvalue weighted by molar-refractivity contribution is 7.57. The Morgan fingerprint density at radius 2 is 1.61 bits per heavy atom. The van der Waals surface area contributed by atoms with E-state index in [1.165, 1.54) is 7.11 Å². The Labute approximate surface area is 169 Å². The topological polar surface area (TPSA) is 73.9 Å². The van der Waals surface area contributed by atoms with Gasteiger partial charge in [-0.15, -0.1) is 0 Å². The molecular weight excluding hydrogens is 377 g/mol. The Morgan fingerprint density at radius 3 is 2.04 bits per heavy atom. The van der Waals surface area contributed by atoms with Crippen molar-refractivity contribution in [3.63, 3.8) is 0 Å². The van der Waals surface area contributed by atoms with E-state index in [4.69, 9.17) is 14.0 Å². The predicted molar refractivity (Wildman–Crippen MR) is 113 cm³/mol. The van der Waals surface area contributed by atoms with Crippen LogP contribution in [0.15, 0.2) is 18.2 Å². The van der Waals surface area contributed by atoms with Crippen LogP contribution in [0, 0.1) is 0 Å². The second kappa shape index (κ2) is 11.0. The standard InChI is InChI=1S/C21H36NO5P/c1-9-16(6)26-21(23)17(7)22-28(24,13-25-8)27-20-18(14(2)3)11-10-12-19(20)15(4)5/h10-12,14-17H,9,13H2,1-8H3,(H,22,24). The number of esters is 1. The lowest BCUT2D eigenvalue weighted by atomic mass is 9.94. The third kappa shape index (κ3) is 6.91. The molecule has 0 radical (unpaired) electrons. The summed E-state index contributed by atoms with van der Waals surface area (Å²) in [5.74, 6) is 0.522. The maximum absolute atomic E-state index is 13.5. The minimum atomic E-state index is -3.51. The molecule has 7 heteroatoms. The van der Waals surface area contributed by atoms with Crippen LogP contribution in [0.3, 0.4) is 0 Å². The van der Waals surface area contributed by atoms with Crippen molar-refractivity contribution in [3.05, 3.63) is 29.3 Å². The Morgan fingerprint density at radius 1 is 1.07 bits per heavy atom. The first kappa shape index (κ1) is 24.7. The first-order chi connectivity index (χ1) is 13.0. The van der Waals surface area contributed by atoms with Crippen molar-refractivity contribution in [2.45, 2.75) is 78.9 Å².